The molecule has 4 nitrogen and oxygen atoms in total. The number of piperidine rings is 1. The van der Waals surface area contributed by atoms with Crippen LogP contribution in [-0.2, 0) is 9.59 Å². The summed E-state index contributed by atoms with van der Waals surface area (Å²) in [5, 5.41) is 2.86. The van der Waals surface area contributed by atoms with Crippen LogP contribution in [0.3, 0.4) is 0 Å². The number of carbonyl (C=O) groups is 2. The van der Waals surface area contributed by atoms with Gasteiger partial charge in [0, 0.05) is 32.0 Å². The average Bonchev–Trinajstić information content (AvgIpc) is 2.29. The second-order valence-electron chi connectivity index (χ2n) is 4.41. The molecule has 1 unspecified atom stereocenters. The van der Waals surface area contributed by atoms with Crippen molar-refractivity contribution in [3.05, 3.63) is 0 Å². The third kappa shape index (κ3) is 3.93. The molecule has 0 spiro atoms. The maximum absolute atomic E-state index is 11.5. The van der Waals surface area contributed by atoms with E-state index in [1.807, 2.05) is 13.8 Å². The highest BCUT2D eigenvalue weighted by molar-refractivity contribution is 5.83. The number of nitrogens with zero attached hydrogens (tertiary/aromatic N) is 1. The molecule has 0 saturated carbocycles. The Kier molecular flexibility index (Phi) is 5.46. The lowest BCUT2D eigenvalue weighted by molar-refractivity contribution is -0.129. The third-order valence-electron chi connectivity index (χ3n) is 3.04. The molecule has 1 saturated heterocycles. The fourth-order valence-electron chi connectivity index (χ4n) is 2.00. The number of likely N-dealkylation sites (tertiary alicyclic amines) is 1. The molecular formula is C12H22N2O2. The highest BCUT2D eigenvalue weighted by Gasteiger charge is 2.26. The summed E-state index contributed by atoms with van der Waals surface area (Å²) in [5.74, 6) is 0.562. The Hall–Kier alpha value is -0.900. The molecule has 4 heteroatoms. The highest BCUT2D eigenvalue weighted by atomic mass is 16.2. The number of carbonyl (C=O) groups excluding carboxylic acids is 2. The largest absolute Gasteiger partial charge is 0.355 e. The van der Waals surface area contributed by atoms with Crippen LogP contribution in [0.15, 0.2) is 0 Å². The molecule has 1 aliphatic heterocycles. The summed E-state index contributed by atoms with van der Waals surface area (Å²) in [4.78, 5) is 25.1. The summed E-state index contributed by atoms with van der Waals surface area (Å²) in [7, 11) is 0. The number of hydrogen-bond acceptors (Lipinski definition) is 3. The molecular weight excluding hydrogens is 204 g/mol. The monoisotopic (exact) mass is 226 g/mol. The van der Waals surface area contributed by atoms with Crippen molar-refractivity contribution in [3.8, 4) is 0 Å². The lowest BCUT2D eigenvalue weighted by Gasteiger charge is -2.30. The zero-order chi connectivity index (χ0) is 12.0. The van der Waals surface area contributed by atoms with E-state index in [4.69, 9.17) is 0 Å². The van der Waals surface area contributed by atoms with Gasteiger partial charge in [-0.1, -0.05) is 13.8 Å². The van der Waals surface area contributed by atoms with Crippen molar-refractivity contribution in [2.45, 2.75) is 33.1 Å². The lowest BCUT2D eigenvalue weighted by Crippen LogP contribution is -2.45. The molecule has 1 amide bonds. The fraction of sp³-hybridized carbons (Fsp3) is 0.833. The maximum Gasteiger partial charge on any atom is 0.234 e. The number of hydrogen-bond donors (Lipinski definition) is 1. The van der Waals surface area contributed by atoms with Crippen LogP contribution in [0.4, 0.5) is 0 Å². The van der Waals surface area contributed by atoms with Crippen LogP contribution in [0.25, 0.3) is 0 Å². The first-order chi connectivity index (χ1) is 7.67. The minimum Gasteiger partial charge on any atom is -0.355 e. The molecule has 1 aliphatic rings. The molecule has 0 aliphatic carbocycles. The maximum atomic E-state index is 11.5. The number of Topliss-reactive ketones (excluding diaryl/α,β-unsaturated/α-hetero) is 1. The standard InChI is InChI=1S/C12H22N2O2/c1-3-6-13-12(16)9-14-7-5-11(15)10(4-2)8-14/h10H,3-9H2,1-2H3,(H,13,16). The van der Waals surface area contributed by atoms with E-state index >= 15 is 0 Å². The van der Waals surface area contributed by atoms with Gasteiger partial charge in [-0.15, -0.1) is 0 Å². The van der Waals surface area contributed by atoms with Crippen molar-refractivity contribution < 1.29 is 9.59 Å². The first kappa shape index (κ1) is 13.2. The van der Waals surface area contributed by atoms with Crippen molar-refractivity contribution in [1.82, 2.24) is 10.2 Å². The van der Waals surface area contributed by atoms with Crippen molar-refractivity contribution >= 4 is 11.7 Å². The number of nitrogens with one attached hydrogen (secondary N) is 1. The summed E-state index contributed by atoms with van der Waals surface area (Å²) in [6.07, 6.45) is 2.44. The van der Waals surface area contributed by atoms with Crippen molar-refractivity contribution in [3.63, 3.8) is 0 Å². The van der Waals surface area contributed by atoms with Gasteiger partial charge in [-0.05, 0) is 12.8 Å². The fourth-order valence-corrected chi connectivity index (χ4v) is 2.00. The Morgan fingerprint density at radius 2 is 2.25 bits per heavy atom. The van der Waals surface area contributed by atoms with Gasteiger partial charge in [-0.2, -0.15) is 0 Å². The Balaban J connectivity index is 2.32. The van der Waals surface area contributed by atoms with Gasteiger partial charge in [0.05, 0.1) is 6.54 Å². The van der Waals surface area contributed by atoms with Crippen LogP contribution in [0, 0.1) is 5.92 Å². The Morgan fingerprint density at radius 3 is 2.88 bits per heavy atom. The molecule has 16 heavy (non-hydrogen) atoms. The predicted octanol–water partition coefficient (Wildman–Crippen LogP) is 0.814. The van der Waals surface area contributed by atoms with Gasteiger partial charge in [0.2, 0.25) is 5.91 Å². The zero-order valence-corrected chi connectivity index (χ0v) is 10.3. The molecule has 0 radical (unpaired) electrons. The Morgan fingerprint density at radius 1 is 1.50 bits per heavy atom. The summed E-state index contributed by atoms with van der Waals surface area (Å²) in [5.41, 5.74) is 0. The van der Waals surface area contributed by atoms with E-state index in [-0.39, 0.29) is 11.8 Å². The van der Waals surface area contributed by atoms with Gasteiger partial charge >= 0.3 is 0 Å². The minimum absolute atomic E-state index is 0.0750. The van der Waals surface area contributed by atoms with Crippen molar-refractivity contribution in [1.29, 1.82) is 0 Å². The van der Waals surface area contributed by atoms with Crippen LogP contribution in [-0.4, -0.2) is 42.8 Å². The molecule has 0 aromatic carbocycles. The molecule has 0 bridgehead atoms. The van der Waals surface area contributed by atoms with E-state index in [2.05, 4.69) is 10.2 Å². The second kappa shape index (κ2) is 6.63. The highest BCUT2D eigenvalue weighted by Crippen LogP contribution is 2.15. The summed E-state index contributed by atoms with van der Waals surface area (Å²) in [6, 6.07) is 0. The second-order valence-corrected chi connectivity index (χ2v) is 4.41. The average molecular weight is 226 g/mol. The van der Waals surface area contributed by atoms with Crippen molar-refractivity contribution in [2.24, 2.45) is 5.92 Å². The molecule has 0 aromatic rings. The molecule has 0 aromatic heterocycles. The van der Waals surface area contributed by atoms with Gasteiger partial charge < -0.3 is 5.32 Å². The topological polar surface area (TPSA) is 49.4 Å². The van der Waals surface area contributed by atoms with E-state index in [1.54, 1.807) is 0 Å². The smallest absolute Gasteiger partial charge is 0.234 e. The van der Waals surface area contributed by atoms with Crippen LogP contribution in [0.5, 0.6) is 0 Å². The quantitative estimate of drug-likeness (QED) is 0.755. The van der Waals surface area contributed by atoms with Crippen LogP contribution >= 0.6 is 0 Å². The molecule has 92 valence electrons. The number of amides is 1. The van der Waals surface area contributed by atoms with E-state index in [9.17, 15) is 9.59 Å². The molecule has 1 N–H and O–H groups in total. The van der Waals surface area contributed by atoms with Crippen LogP contribution in [0.2, 0.25) is 0 Å². The summed E-state index contributed by atoms with van der Waals surface area (Å²) < 4.78 is 0. The SMILES string of the molecule is CCCNC(=O)CN1CCC(=O)C(CC)C1. The van der Waals surface area contributed by atoms with Gasteiger partial charge in [-0.25, -0.2) is 0 Å². The molecule has 1 heterocycles. The van der Waals surface area contributed by atoms with E-state index in [0.29, 0.717) is 18.7 Å². The first-order valence-electron chi connectivity index (χ1n) is 6.19. The molecule has 1 rings (SSSR count). The van der Waals surface area contributed by atoms with E-state index in [1.165, 1.54) is 0 Å². The number of rotatable bonds is 5. The number of ketones is 1. The van der Waals surface area contributed by atoms with Gasteiger partial charge in [-0.3, -0.25) is 14.5 Å². The molecule has 1 atom stereocenters. The van der Waals surface area contributed by atoms with Gasteiger partial charge in [0.15, 0.2) is 0 Å². The Labute approximate surface area is 97.4 Å². The van der Waals surface area contributed by atoms with E-state index < -0.39 is 0 Å². The third-order valence-corrected chi connectivity index (χ3v) is 3.04. The molecule has 1 fully saturated rings. The van der Waals surface area contributed by atoms with Gasteiger partial charge in [0.1, 0.15) is 5.78 Å². The first-order valence-corrected chi connectivity index (χ1v) is 6.19. The van der Waals surface area contributed by atoms with E-state index in [0.717, 1.165) is 32.5 Å². The van der Waals surface area contributed by atoms with Crippen molar-refractivity contribution in [2.75, 3.05) is 26.2 Å². The summed E-state index contributed by atoms with van der Waals surface area (Å²) >= 11 is 0. The normalized spacial score (nSPS) is 22.1. The predicted molar refractivity (Wildman–Crippen MR) is 63.1 cm³/mol. The zero-order valence-electron chi connectivity index (χ0n) is 10.3. The lowest BCUT2D eigenvalue weighted by atomic mass is 9.94. The Bertz CT molecular complexity index is 253. The summed E-state index contributed by atoms with van der Waals surface area (Å²) in [6.45, 7) is 6.71. The minimum atomic E-state index is 0.0750. The van der Waals surface area contributed by atoms with Crippen LogP contribution < -0.4 is 5.32 Å². The van der Waals surface area contributed by atoms with Crippen LogP contribution in [0.1, 0.15) is 33.1 Å². The van der Waals surface area contributed by atoms with Gasteiger partial charge in [0.25, 0.3) is 0 Å².